The second-order valence-corrected chi connectivity index (χ2v) is 5.05. The summed E-state index contributed by atoms with van der Waals surface area (Å²) in [6.45, 7) is 0. The van der Waals surface area contributed by atoms with Crippen LogP contribution in [0.2, 0.25) is 0 Å². The van der Waals surface area contributed by atoms with Gasteiger partial charge in [0.15, 0.2) is 12.4 Å². The highest BCUT2D eigenvalue weighted by Gasteiger charge is 2.23. The Morgan fingerprint density at radius 3 is 2.27 bits per heavy atom. The van der Waals surface area contributed by atoms with Crippen molar-refractivity contribution in [2.24, 2.45) is 0 Å². The van der Waals surface area contributed by atoms with Crippen LogP contribution < -0.4 is 4.57 Å². The Bertz CT molecular complexity index is 219. The Labute approximate surface area is 75.2 Å². The molecule has 2 heterocycles. The van der Waals surface area contributed by atoms with E-state index >= 15 is 0 Å². The first-order chi connectivity index (χ1) is 5.47. The van der Waals surface area contributed by atoms with Gasteiger partial charge in [-0.15, -0.1) is 0 Å². The van der Waals surface area contributed by atoms with Crippen LogP contribution in [0, 0.1) is 0 Å². The zero-order chi connectivity index (χ0) is 7.52. The van der Waals surface area contributed by atoms with Crippen LogP contribution in [0.3, 0.4) is 0 Å². The Balaban J connectivity index is 2.16. The molecule has 1 aliphatic rings. The number of rotatable bonds is 1. The molecule has 0 N–H and O–H groups in total. The van der Waals surface area contributed by atoms with Crippen LogP contribution in [0.15, 0.2) is 30.6 Å². The fraction of sp³-hybridized carbons (Fsp3) is 0.375. The minimum atomic E-state index is 0.621. The maximum absolute atomic E-state index is 2.27. The molecule has 0 saturated carbocycles. The van der Waals surface area contributed by atoms with Crippen LogP contribution in [0.25, 0.3) is 0 Å². The summed E-state index contributed by atoms with van der Waals surface area (Å²) in [6, 6.07) is 6.22. The normalized spacial score (nSPS) is 18.9. The van der Waals surface area contributed by atoms with E-state index in [1.807, 2.05) is 23.5 Å². The van der Waals surface area contributed by atoms with Gasteiger partial charge >= 0.3 is 0 Å². The Hall–Kier alpha value is -0.150. The van der Waals surface area contributed by atoms with E-state index in [0.717, 1.165) is 0 Å². The molecular weight excluding hydrogens is 174 g/mol. The summed E-state index contributed by atoms with van der Waals surface area (Å²) in [7, 11) is 0. The molecule has 0 spiro atoms. The van der Waals surface area contributed by atoms with Crippen LogP contribution in [-0.2, 0) is 0 Å². The summed E-state index contributed by atoms with van der Waals surface area (Å²) in [5.74, 6) is 2.58. The van der Waals surface area contributed by atoms with Gasteiger partial charge in [-0.3, -0.25) is 0 Å². The maximum Gasteiger partial charge on any atom is 0.251 e. The monoisotopic (exact) mass is 184 g/mol. The number of hydrogen-bond donors (Lipinski definition) is 0. The molecule has 1 aliphatic heterocycles. The molecule has 0 unspecified atom stereocenters. The molecular formula is C8H10NS2+. The van der Waals surface area contributed by atoms with Crippen molar-refractivity contribution >= 4 is 23.5 Å². The number of aromatic nitrogens is 1. The van der Waals surface area contributed by atoms with Crippen LogP contribution in [0.1, 0.15) is 4.71 Å². The van der Waals surface area contributed by atoms with Gasteiger partial charge in [-0.1, -0.05) is 29.6 Å². The zero-order valence-corrected chi connectivity index (χ0v) is 7.78. The fourth-order valence-corrected chi connectivity index (χ4v) is 3.83. The first-order valence-corrected chi connectivity index (χ1v) is 5.75. The van der Waals surface area contributed by atoms with Gasteiger partial charge in [0.1, 0.15) is 0 Å². The highest BCUT2D eigenvalue weighted by Crippen LogP contribution is 2.36. The first kappa shape index (κ1) is 7.50. The summed E-state index contributed by atoms with van der Waals surface area (Å²) in [6.07, 6.45) is 4.27. The lowest BCUT2D eigenvalue weighted by atomic mass is 10.5. The SMILES string of the molecule is c1cc[n+](C2SCCS2)cc1. The molecule has 1 aromatic heterocycles. The van der Waals surface area contributed by atoms with Gasteiger partial charge in [-0.05, 0) is 0 Å². The van der Waals surface area contributed by atoms with Crippen molar-refractivity contribution in [1.29, 1.82) is 0 Å². The smallest absolute Gasteiger partial charge is 0.183 e. The highest BCUT2D eigenvalue weighted by molar-refractivity contribution is 8.18. The Kier molecular flexibility index (Phi) is 2.38. The molecule has 1 nitrogen and oxygen atoms in total. The Morgan fingerprint density at radius 2 is 1.64 bits per heavy atom. The van der Waals surface area contributed by atoms with E-state index in [2.05, 4.69) is 35.2 Å². The number of thioether (sulfide) groups is 2. The van der Waals surface area contributed by atoms with Gasteiger partial charge in [0.25, 0.3) is 4.71 Å². The molecule has 0 amide bonds. The zero-order valence-electron chi connectivity index (χ0n) is 6.14. The van der Waals surface area contributed by atoms with E-state index in [4.69, 9.17) is 0 Å². The van der Waals surface area contributed by atoms with E-state index in [9.17, 15) is 0 Å². The molecule has 1 aromatic rings. The van der Waals surface area contributed by atoms with Gasteiger partial charge in [0.2, 0.25) is 0 Å². The minimum Gasteiger partial charge on any atom is -0.183 e. The Morgan fingerprint density at radius 1 is 1.00 bits per heavy atom. The van der Waals surface area contributed by atoms with Crippen molar-refractivity contribution in [3.8, 4) is 0 Å². The third-order valence-corrected chi connectivity index (χ3v) is 4.60. The molecule has 0 atom stereocenters. The van der Waals surface area contributed by atoms with Crippen molar-refractivity contribution in [3.63, 3.8) is 0 Å². The van der Waals surface area contributed by atoms with E-state index < -0.39 is 0 Å². The highest BCUT2D eigenvalue weighted by atomic mass is 32.2. The molecule has 2 rings (SSSR count). The quantitative estimate of drug-likeness (QED) is 0.614. The predicted octanol–water partition coefficient (Wildman–Crippen LogP) is 1.91. The molecule has 0 bridgehead atoms. The number of pyridine rings is 1. The maximum atomic E-state index is 2.27. The predicted molar refractivity (Wildman–Crippen MR) is 50.6 cm³/mol. The summed E-state index contributed by atoms with van der Waals surface area (Å²) in [4.78, 5) is 0. The van der Waals surface area contributed by atoms with Crippen LogP contribution in [0.4, 0.5) is 0 Å². The molecule has 58 valence electrons. The van der Waals surface area contributed by atoms with Crippen molar-refractivity contribution in [1.82, 2.24) is 0 Å². The lowest BCUT2D eigenvalue weighted by Gasteiger charge is -2.00. The summed E-state index contributed by atoms with van der Waals surface area (Å²) >= 11 is 4.04. The fourth-order valence-electron chi connectivity index (χ4n) is 1.07. The molecule has 1 saturated heterocycles. The molecule has 0 radical (unpaired) electrons. The largest absolute Gasteiger partial charge is 0.251 e. The summed E-state index contributed by atoms with van der Waals surface area (Å²) in [5.41, 5.74) is 0. The average Bonchev–Trinajstić information content (AvgIpc) is 2.58. The van der Waals surface area contributed by atoms with Crippen molar-refractivity contribution in [3.05, 3.63) is 30.6 Å². The molecule has 11 heavy (non-hydrogen) atoms. The second kappa shape index (κ2) is 3.50. The van der Waals surface area contributed by atoms with Gasteiger partial charge in [-0.25, -0.2) is 0 Å². The van der Waals surface area contributed by atoms with E-state index in [1.54, 1.807) is 0 Å². The summed E-state index contributed by atoms with van der Waals surface area (Å²) < 4.78 is 2.89. The van der Waals surface area contributed by atoms with Gasteiger partial charge in [0.05, 0.1) is 0 Å². The lowest BCUT2D eigenvalue weighted by Crippen LogP contribution is -2.33. The number of nitrogens with zero attached hydrogens (tertiary/aromatic N) is 1. The first-order valence-electron chi connectivity index (χ1n) is 3.66. The second-order valence-electron chi connectivity index (χ2n) is 2.37. The van der Waals surface area contributed by atoms with Crippen LogP contribution >= 0.6 is 23.5 Å². The van der Waals surface area contributed by atoms with E-state index in [-0.39, 0.29) is 0 Å². The standard InChI is InChI=1S/C8H10NS2/c1-2-4-9(5-3-1)8-10-6-7-11-8/h1-5,8H,6-7H2/q+1. The lowest BCUT2D eigenvalue weighted by molar-refractivity contribution is -0.678. The van der Waals surface area contributed by atoms with Gasteiger partial charge in [-0.2, -0.15) is 4.57 Å². The van der Waals surface area contributed by atoms with E-state index in [1.165, 1.54) is 11.5 Å². The molecule has 0 aromatic carbocycles. The van der Waals surface area contributed by atoms with E-state index in [0.29, 0.717) is 4.71 Å². The van der Waals surface area contributed by atoms with Crippen LogP contribution in [0.5, 0.6) is 0 Å². The van der Waals surface area contributed by atoms with Gasteiger partial charge < -0.3 is 0 Å². The van der Waals surface area contributed by atoms with Crippen LogP contribution in [-0.4, -0.2) is 11.5 Å². The van der Waals surface area contributed by atoms with Gasteiger partial charge in [0, 0.05) is 23.6 Å². The molecule has 1 fully saturated rings. The van der Waals surface area contributed by atoms with Crippen molar-refractivity contribution in [2.75, 3.05) is 11.5 Å². The third-order valence-electron chi connectivity index (χ3n) is 1.59. The molecule has 3 heteroatoms. The molecule has 0 aliphatic carbocycles. The minimum absolute atomic E-state index is 0.621. The summed E-state index contributed by atoms with van der Waals surface area (Å²) in [5, 5.41) is 0. The average molecular weight is 184 g/mol. The van der Waals surface area contributed by atoms with Crippen molar-refractivity contribution in [2.45, 2.75) is 4.71 Å². The number of hydrogen-bond acceptors (Lipinski definition) is 2. The van der Waals surface area contributed by atoms with Crippen molar-refractivity contribution < 1.29 is 4.57 Å². The third kappa shape index (κ3) is 1.71. The topological polar surface area (TPSA) is 3.88 Å².